The number of alkyl halides is 1. The molecule has 0 spiro atoms. The molecule has 17 heavy (non-hydrogen) atoms. The molecule has 0 atom stereocenters. The molecule has 0 fully saturated rings. The SMILES string of the molecule is Cc1cccc(Oc2cc(Br)ccc2CCl)c1. The highest BCUT2D eigenvalue weighted by Crippen LogP contribution is 2.29. The van der Waals surface area contributed by atoms with Crippen LogP contribution in [-0.4, -0.2) is 0 Å². The van der Waals surface area contributed by atoms with Crippen molar-refractivity contribution in [3.63, 3.8) is 0 Å². The Bertz CT molecular complexity index is 525. The van der Waals surface area contributed by atoms with Gasteiger partial charge in [-0.3, -0.25) is 0 Å². The molecule has 2 rings (SSSR count). The lowest BCUT2D eigenvalue weighted by atomic mass is 10.2. The highest BCUT2D eigenvalue weighted by molar-refractivity contribution is 9.10. The van der Waals surface area contributed by atoms with Crippen LogP contribution in [-0.2, 0) is 5.88 Å². The fraction of sp³-hybridized carbons (Fsp3) is 0.143. The van der Waals surface area contributed by atoms with E-state index >= 15 is 0 Å². The lowest BCUT2D eigenvalue weighted by Gasteiger charge is -2.10. The third-order valence-corrected chi connectivity index (χ3v) is 3.17. The van der Waals surface area contributed by atoms with E-state index in [0.29, 0.717) is 5.88 Å². The van der Waals surface area contributed by atoms with E-state index in [2.05, 4.69) is 15.9 Å². The molecule has 0 saturated carbocycles. The average Bonchev–Trinajstić information content (AvgIpc) is 2.29. The zero-order valence-corrected chi connectivity index (χ0v) is 11.8. The van der Waals surface area contributed by atoms with Gasteiger partial charge in [-0.15, -0.1) is 11.6 Å². The largest absolute Gasteiger partial charge is 0.457 e. The lowest BCUT2D eigenvalue weighted by Crippen LogP contribution is -1.90. The Kier molecular flexibility index (Phi) is 4.08. The molecule has 0 aliphatic heterocycles. The minimum Gasteiger partial charge on any atom is -0.457 e. The molecule has 0 unspecified atom stereocenters. The van der Waals surface area contributed by atoms with Crippen molar-refractivity contribution in [2.45, 2.75) is 12.8 Å². The summed E-state index contributed by atoms with van der Waals surface area (Å²) in [5, 5.41) is 0. The highest BCUT2D eigenvalue weighted by atomic mass is 79.9. The summed E-state index contributed by atoms with van der Waals surface area (Å²) in [7, 11) is 0. The topological polar surface area (TPSA) is 9.23 Å². The van der Waals surface area contributed by atoms with Gasteiger partial charge in [-0.2, -0.15) is 0 Å². The first-order valence-corrected chi connectivity index (χ1v) is 6.60. The van der Waals surface area contributed by atoms with Crippen LogP contribution < -0.4 is 4.74 Å². The molecule has 0 N–H and O–H groups in total. The molecule has 0 saturated heterocycles. The molecule has 2 aromatic rings. The third kappa shape index (κ3) is 3.24. The molecule has 2 aromatic carbocycles. The summed E-state index contributed by atoms with van der Waals surface area (Å²) in [4.78, 5) is 0. The van der Waals surface area contributed by atoms with E-state index in [-0.39, 0.29) is 0 Å². The molecule has 0 amide bonds. The van der Waals surface area contributed by atoms with Gasteiger partial charge < -0.3 is 4.74 Å². The second-order valence-corrected chi connectivity index (χ2v) is 4.99. The summed E-state index contributed by atoms with van der Waals surface area (Å²) in [6.07, 6.45) is 0. The van der Waals surface area contributed by atoms with Crippen molar-refractivity contribution in [3.8, 4) is 11.5 Å². The van der Waals surface area contributed by atoms with Crippen molar-refractivity contribution in [3.05, 3.63) is 58.1 Å². The molecular formula is C14H12BrClO. The standard InChI is InChI=1S/C14H12BrClO/c1-10-3-2-4-13(7-10)17-14-8-12(15)6-5-11(14)9-16/h2-8H,9H2,1H3. The summed E-state index contributed by atoms with van der Waals surface area (Å²) in [6, 6.07) is 13.8. The molecule has 0 bridgehead atoms. The van der Waals surface area contributed by atoms with E-state index in [1.807, 2.05) is 49.4 Å². The minimum absolute atomic E-state index is 0.439. The van der Waals surface area contributed by atoms with Crippen LogP contribution in [0.2, 0.25) is 0 Å². The van der Waals surface area contributed by atoms with E-state index in [9.17, 15) is 0 Å². The van der Waals surface area contributed by atoms with Crippen LogP contribution in [0.15, 0.2) is 46.9 Å². The van der Waals surface area contributed by atoms with Gasteiger partial charge in [0.15, 0.2) is 0 Å². The van der Waals surface area contributed by atoms with Crippen LogP contribution in [0.4, 0.5) is 0 Å². The van der Waals surface area contributed by atoms with Crippen molar-refractivity contribution in [2.24, 2.45) is 0 Å². The normalized spacial score (nSPS) is 10.3. The smallest absolute Gasteiger partial charge is 0.132 e. The first-order chi connectivity index (χ1) is 8.19. The number of halogens is 2. The Labute approximate surface area is 115 Å². The quantitative estimate of drug-likeness (QED) is 0.700. The number of rotatable bonds is 3. The van der Waals surface area contributed by atoms with Gasteiger partial charge in [0.05, 0.1) is 5.88 Å². The van der Waals surface area contributed by atoms with Crippen LogP contribution in [0.3, 0.4) is 0 Å². The van der Waals surface area contributed by atoms with Crippen molar-refractivity contribution >= 4 is 27.5 Å². The maximum Gasteiger partial charge on any atom is 0.132 e. The summed E-state index contributed by atoms with van der Waals surface area (Å²) in [6.45, 7) is 2.04. The summed E-state index contributed by atoms with van der Waals surface area (Å²) >= 11 is 9.32. The van der Waals surface area contributed by atoms with Crippen LogP contribution in [0.25, 0.3) is 0 Å². The second kappa shape index (κ2) is 5.56. The van der Waals surface area contributed by atoms with Gasteiger partial charge in [-0.1, -0.05) is 34.1 Å². The number of hydrogen-bond donors (Lipinski definition) is 0. The van der Waals surface area contributed by atoms with E-state index in [4.69, 9.17) is 16.3 Å². The number of aryl methyl sites for hydroxylation is 1. The summed E-state index contributed by atoms with van der Waals surface area (Å²) in [5.74, 6) is 2.06. The number of benzene rings is 2. The van der Waals surface area contributed by atoms with Gasteiger partial charge in [0, 0.05) is 10.0 Å². The maximum atomic E-state index is 5.89. The zero-order valence-electron chi connectivity index (χ0n) is 9.41. The highest BCUT2D eigenvalue weighted by Gasteiger charge is 2.05. The number of hydrogen-bond acceptors (Lipinski definition) is 1. The van der Waals surface area contributed by atoms with Gasteiger partial charge in [0.2, 0.25) is 0 Å². The Morgan fingerprint density at radius 3 is 2.71 bits per heavy atom. The van der Waals surface area contributed by atoms with E-state index in [1.54, 1.807) is 0 Å². The Hall–Kier alpha value is -0.990. The average molecular weight is 312 g/mol. The van der Waals surface area contributed by atoms with Crippen LogP contribution in [0, 0.1) is 6.92 Å². The number of ether oxygens (including phenoxy) is 1. The van der Waals surface area contributed by atoms with Gasteiger partial charge in [0.25, 0.3) is 0 Å². The predicted octanol–water partition coefficient (Wildman–Crippen LogP) is 5.29. The van der Waals surface area contributed by atoms with Crippen LogP contribution in [0.1, 0.15) is 11.1 Å². The lowest BCUT2D eigenvalue weighted by molar-refractivity contribution is 0.477. The molecule has 0 aliphatic carbocycles. The van der Waals surface area contributed by atoms with Crippen molar-refractivity contribution in [2.75, 3.05) is 0 Å². The van der Waals surface area contributed by atoms with E-state index in [1.165, 1.54) is 5.56 Å². The van der Waals surface area contributed by atoms with Crippen molar-refractivity contribution in [1.82, 2.24) is 0 Å². The Morgan fingerprint density at radius 1 is 1.18 bits per heavy atom. The fourth-order valence-corrected chi connectivity index (χ4v) is 2.10. The molecule has 0 heterocycles. The zero-order chi connectivity index (χ0) is 12.3. The van der Waals surface area contributed by atoms with E-state index < -0.39 is 0 Å². The Balaban J connectivity index is 2.32. The van der Waals surface area contributed by atoms with Crippen LogP contribution in [0.5, 0.6) is 11.5 Å². The van der Waals surface area contributed by atoms with Gasteiger partial charge in [-0.05, 0) is 36.8 Å². The van der Waals surface area contributed by atoms with Gasteiger partial charge in [-0.25, -0.2) is 0 Å². The molecular weight excluding hydrogens is 300 g/mol. The first kappa shape index (κ1) is 12.5. The second-order valence-electron chi connectivity index (χ2n) is 3.80. The molecule has 1 nitrogen and oxygen atoms in total. The van der Waals surface area contributed by atoms with Crippen molar-refractivity contribution in [1.29, 1.82) is 0 Å². The molecule has 0 aromatic heterocycles. The van der Waals surface area contributed by atoms with Gasteiger partial charge in [0.1, 0.15) is 11.5 Å². The summed E-state index contributed by atoms with van der Waals surface area (Å²) in [5.41, 5.74) is 2.15. The maximum absolute atomic E-state index is 5.89. The van der Waals surface area contributed by atoms with Gasteiger partial charge >= 0.3 is 0 Å². The molecule has 0 aliphatic rings. The first-order valence-electron chi connectivity index (χ1n) is 5.28. The fourth-order valence-electron chi connectivity index (χ4n) is 1.54. The molecule has 3 heteroatoms. The summed E-state index contributed by atoms with van der Waals surface area (Å²) < 4.78 is 6.83. The van der Waals surface area contributed by atoms with Crippen molar-refractivity contribution < 1.29 is 4.74 Å². The Morgan fingerprint density at radius 2 is 2.00 bits per heavy atom. The third-order valence-electron chi connectivity index (χ3n) is 2.39. The molecule has 0 radical (unpaired) electrons. The minimum atomic E-state index is 0.439. The molecule has 88 valence electrons. The van der Waals surface area contributed by atoms with Crippen LogP contribution >= 0.6 is 27.5 Å². The monoisotopic (exact) mass is 310 g/mol. The predicted molar refractivity (Wildman–Crippen MR) is 75.0 cm³/mol. The van der Waals surface area contributed by atoms with E-state index in [0.717, 1.165) is 21.5 Å².